The fourth-order valence-corrected chi connectivity index (χ4v) is 1.66. The first kappa shape index (κ1) is 14.5. The van der Waals surface area contributed by atoms with Crippen LogP contribution in [0.5, 0.6) is 5.75 Å². The highest BCUT2D eigenvalue weighted by molar-refractivity contribution is 6.30. The van der Waals surface area contributed by atoms with E-state index in [9.17, 15) is 5.11 Å². The maximum absolute atomic E-state index is 9.74. The zero-order valence-corrected chi connectivity index (χ0v) is 10.1. The smallest absolute Gasteiger partial charge is 0.123 e. The molecular formula is C10H16Cl2N2O. The molecule has 0 aliphatic carbocycles. The monoisotopic (exact) mass is 250 g/mol. The molecule has 86 valence electrons. The average Bonchev–Trinajstić information content (AvgIpc) is 2.11. The molecule has 5 N–H and O–H groups in total. The van der Waals surface area contributed by atoms with E-state index in [0.29, 0.717) is 23.6 Å². The molecule has 15 heavy (non-hydrogen) atoms. The number of rotatable bonds is 3. The molecule has 0 fully saturated rings. The second-order valence-corrected chi connectivity index (χ2v) is 3.78. The molecule has 1 atom stereocenters. The van der Waals surface area contributed by atoms with Gasteiger partial charge in [-0.2, -0.15) is 0 Å². The quantitative estimate of drug-likeness (QED) is 0.770. The summed E-state index contributed by atoms with van der Waals surface area (Å²) in [6.07, 6.45) is 0.632. The summed E-state index contributed by atoms with van der Waals surface area (Å²) in [5.74, 6) is 0.218. The Morgan fingerprint density at radius 3 is 2.60 bits per heavy atom. The van der Waals surface area contributed by atoms with Gasteiger partial charge in [0.25, 0.3) is 0 Å². The fourth-order valence-electron chi connectivity index (χ4n) is 1.38. The normalized spacial score (nSPS) is 12.0. The largest absolute Gasteiger partial charge is 0.507 e. The average molecular weight is 251 g/mol. The summed E-state index contributed by atoms with van der Waals surface area (Å²) < 4.78 is 0. The van der Waals surface area contributed by atoms with Gasteiger partial charge in [0.1, 0.15) is 5.75 Å². The molecular weight excluding hydrogens is 235 g/mol. The number of phenols is 1. The summed E-state index contributed by atoms with van der Waals surface area (Å²) in [4.78, 5) is 0. The fraction of sp³-hybridized carbons (Fsp3) is 0.400. The first-order valence-electron chi connectivity index (χ1n) is 4.51. The third-order valence-electron chi connectivity index (χ3n) is 2.17. The summed E-state index contributed by atoms with van der Waals surface area (Å²) in [6, 6.07) is 3.14. The summed E-state index contributed by atoms with van der Waals surface area (Å²) >= 11 is 5.87. The van der Waals surface area contributed by atoms with Crippen molar-refractivity contribution in [1.82, 2.24) is 0 Å². The molecule has 0 aromatic heterocycles. The van der Waals surface area contributed by atoms with Crippen molar-refractivity contribution in [2.75, 3.05) is 6.54 Å². The maximum atomic E-state index is 9.74. The predicted molar refractivity (Wildman–Crippen MR) is 65.7 cm³/mol. The van der Waals surface area contributed by atoms with Crippen molar-refractivity contribution in [2.45, 2.75) is 19.4 Å². The van der Waals surface area contributed by atoms with Crippen LogP contribution in [0.4, 0.5) is 0 Å². The standard InChI is InChI=1S/C10H15ClN2O.ClH/c1-6-4-7(11)5-8(10(6)14)9(13)2-3-12;/h4-5,9,14H,2-3,12-13H2,1H3;1H/t9-;/m1./s1. The Morgan fingerprint density at radius 2 is 2.07 bits per heavy atom. The van der Waals surface area contributed by atoms with Crippen LogP contribution in [0.2, 0.25) is 5.02 Å². The van der Waals surface area contributed by atoms with E-state index in [4.69, 9.17) is 23.1 Å². The van der Waals surface area contributed by atoms with Crippen molar-refractivity contribution >= 4 is 24.0 Å². The van der Waals surface area contributed by atoms with Crippen LogP contribution in [0.1, 0.15) is 23.6 Å². The van der Waals surface area contributed by atoms with Gasteiger partial charge < -0.3 is 16.6 Å². The lowest BCUT2D eigenvalue weighted by Crippen LogP contribution is -2.15. The van der Waals surface area contributed by atoms with Crippen molar-refractivity contribution in [2.24, 2.45) is 11.5 Å². The molecule has 0 heterocycles. The van der Waals surface area contributed by atoms with Crippen molar-refractivity contribution in [3.05, 3.63) is 28.3 Å². The minimum absolute atomic E-state index is 0. The Morgan fingerprint density at radius 1 is 1.47 bits per heavy atom. The molecule has 1 aromatic carbocycles. The van der Waals surface area contributed by atoms with E-state index in [1.807, 2.05) is 0 Å². The van der Waals surface area contributed by atoms with Gasteiger partial charge in [-0.25, -0.2) is 0 Å². The van der Waals surface area contributed by atoms with Crippen LogP contribution in [-0.2, 0) is 0 Å². The Balaban J connectivity index is 0.00000196. The second-order valence-electron chi connectivity index (χ2n) is 3.34. The molecule has 0 amide bonds. The van der Waals surface area contributed by atoms with Crippen LogP contribution in [-0.4, -0.2) is 11.7 Å². The van der Waals surface area contributed by atoms with Crippen LogP contribution in [0.25, 0.3) is 0 Å². The van der Waals surface area contributed by atoms with E-state index < -0.39 is 0 Å². The van der Waals surface area contributed by atoms with E-state index in [1.54, 1.807) is 19.1 Å². The van der Waals surface area contributed by atoms with Gasteiger partial charge in [0.15, 0.2) is 0 Å². The lowest BCUT2D eigenvalue weighted by Gasteiger charge is -2.14. The Hall–Kier alpha value is -0.480. The number of halogens is 2. The molecule has 5 heteroatoms. The van der Waals surface area contributed by atoms with Crippen molar-refractivity contribution in [3.63, 3.8) is 0 Å². The van der Waals surface area contributed by atoms with Gasteiger partial charge in [0.2, 0.25) is 0 Å². The van der Waals surface area contributed by atoms with Gasteiger partial charge >= 0.3 is 0 Å². The zero-order valence-electron chi connectivity index (χ0n) is 8.53. The summed E-state index contributed by atoms with van der Waals surface area (Å²) in [5, 5.41) is 10.3. The van der Waals surface area contributed by atoms with Gasteiger partial charge in [0.05, 0.1) is 0 Å². The first-order chi connectivity index (χ1) is 6.56. The highest BCUT2D eigenvalue weighted by atomic mass is 35.5. The highest BCUT2D eigenvalue weighted by Crippen LogP contribution is 2.31. The Labute approximate surface area is 101 Å². The number of hydrogen-bond donors (Lipinski definition) is 3. The number of aryl methyl sites for hydroxylation is 1. The number of hydrogen-bond acceptors (Lipinski definition) is 3. The number of benzene rings is 1. The van der Waals surface area contributed by atoms with Crippen molar-refractivity contribution in [1.29, 1.82) is 0 Å². The van der Waals surface area contributed by atoms with E-state index in [1.165, 1.54) is 0 Å². The number of phenolic OH excluding ortho intramolecular Hbond substituents is 1. The third-order valence-corrected chi connectivity index (χ3v) is 2.39. The molecule has 0 saturated heterocycles. The topological polar surface area (TPSA) is 72.3 Å². The molecule has 0 spiro atoms. The molecule has 1 rings (SSSR count). The van der Waals surface area contributed by atoms with E-state index >= 15 is 0 Å². The van der Waals surface area contributed by atoms with Crippen molar-refractivity contribution in [3.8, 4) is 5.75 Å². The molecule has 0 saturated carbocycles. The molecule has 0 aliphatic heterocycles. The Bertz CT molecular complexity index is 331. The molecule has 3 nitrogen and oxygen atoms in total. The minimum atomic E-state index is -0.252. The molecule has 1 aromatic rings. The second kappa shape index (κ2) is 6.18. The van der Waals surface area contributed by atoms with Crippen LogP contribution >= 0.6 is 24.0 Å². The summed E-state index contributed by atoms with van der Waals surface area (Å²) in [6.45, 7) is 2.28. The van der Waals surface area contributed by atoms with Gasteiger partial charge in [-0.05, 0) is 37.6 Å². The Kier molecular flexibility index (Phi) is 5.98. The van der Waals surface area contributed by atoms with Crippen LogP contribution < -0.4 is 11.5 Å². The maximum Gasteiger partial charge on any atom is 0.123 e. The van der Waals surface area contributed by atoms with Crippen LogP contribution in [0.3, 0.4) is 0 Å². The molecule has 0 unspecified atom stereocenters. The van der Waals surface area contributed by atoms with Crippen molar-refractivity contribution < 1.29 is 5.11 Å². The lowest BCUT2D eigenvalue weighted by molar-refractivity contribution is 0.455. The van der Waals surface area contributed by atoms with Gasteiger partial charge in [-0.1, -0.05) is 11.6 Å². The number of nitrogens with two attached hydrogens (primary N) is 2. The van der Waals surface area contributed by atoms with Crippen LogP contribution in [0, 0.1) is 6.92 Å². The van der Waals surface area contributed by atoms with E-state index in [2.05, 4.69) is 0 Å². The van der Waals surface area contributed by atoms with Gasteiger partial charge in [-0.15, -0.1) is 12.4 Å². The minimum Gasteiger partial charge on any atom is -0.507 e. The molecule has 0 aliphatic rings. The summed E-state index contributed by atoms with van der Waals surface area (Å²) in [5.41, 5.74) is 12.6. The van der Waals surface area contributed by atoms with Crippen LogP contribution in [0.15, 0.2) is 12.1 Å². The zero-order chi connectivity index (χ0) is 10.7. The predicted octanol–water partition coefficient (Wildman–Crippen LogP) is 2.12. The van der Waals surface area contributed by atoms with E-state index in [-0.39, 0.29) is 24.2 Å². The molecule has 0 radical (unpaired) electrons. The summed E-state index contributed by atoms with van der Waals surface area (Å²) in [7, 11) is 0. The molecule has 0 bridgehead atoms. The van der Waals surface area contributed by atoms with Gasteiger partial charge in [0, 0.05) is 16.6 Å². The van der Waals surface area contributed by atoms with E-state index in [0.717, 1.165) is 5.56 Å². The first-order valence-corrected chi connectivity index (χ1v) is 4.88. The number of aromatic hydroxyl groups is 1. The SMILES string of the molecule is Cc1cc(Cl)cc([C@H](N)CCN)c1O.Cl. The lowest BCUT2D eigenvalue weighted by atomic mass is 10.0. The van der Waals surface area contributed by atoms with Gasteiger partial charge in [-0.3, -0.25) is 0 Å². The highest BCUT2D eigenvalue weighted by Gasteiger charge is 2.12. The third kappa shape index (κ3) is 3.54.